The van der Waals surface area contributed by atoms with Gasteiger partial charge >= 0.3 is 0 Å². The van der Waals surface area contributed by atoms with Crippen LogP contribution in [0.1, 0.15) is 40.0 Å². The fraction of sp³-hybridized carbons (Fsp3) is 0.769. The van der Waals surface area contributed by atoms with E-state index in [9.17, 15) is 9.59 Å². The first-order valence-electron chi connectivity index (χ1n) is 5.77. The van der Waals surface area contributed by atoms with E-state index in [-0.39, 0.29) is 16.9 Å². The van der Waals surface area contributed by atoms with E-state index in [0.29, 0.717) is 6.54 Å². The molecule has 1 aliphatic rings. The molecule has 2 atom stereocenters. The number of aliphatic imine (C=N–C) groups is 2. The molecule has 5 heteroatoms. The van der Waals surface area contributed by atoms with Gasteiger partial charge in [-0.2, -0.15) is 0 Å². The predicted octanol–water partition coefficient (Wildman–Crippen LogP) is 2.38. The lowest BCUT2D eigenvalue weighted by molar-refractivity contribution is 0.0915. The van der Waals surface area contributed by atoms with Crippen LogP contribution < -0.4 is 0 Å². The van der Waals surface area contributed by atoms with Crippen LogP contribution in [0, 0.1) is 22.7 Å². The maximum absolute atomic E-state index is 10.3. The third-order valence-electron chi connectivity index (χ3n) is 3.18. The summed E-state index contributed by atoms with van der Waals surface area (Å²) in [5, 5.41) is 6.50. The summed E-state index contributed by atoms with van der Waals surface area (Å²) in [6.45, 7) is 10.4. The van der Waals surface area contributed by atoms with Gasteiger partial charge in [-0.25, -0.2) is 24.8 Å². The van der Waals surface area contributed by atoms with Crippen LogP contribution in [-0.4, -0.2) is 24.7 Å². The molecule has 1 aliphatic carbocycles. The van der Waals surface area contributed by atoms with E-state index in [4.69, 9.17) is 5.26 Å². The average Bonchev–Trinajstić information content (AvgIpc) is 2.27. The lowest BCUT2D eigenvalue weighted by Gasteiger charge is -2.44. The molecule has 98 valence electrons. The molecule has 1 saturated carbocycles. The Balaban J connectivity index is 0.00000137. The van der Waals surface area contributed by atoms with Gasteiger partial charge in [0.05, 0.1) is 12.6 Å². The largest absolute Gasteiger partial charge is 0.235 e. The first-order chi connectivity index (χ1) is 8.41. The molecular formula is C13H19N3O2. The van der Waals surface area contributed by atoms with Gasteiger partial charge in [-0.1, -0.05) is 20.8 Å². The highest BCUT2D eigenvalue weighted by atomic mass is 16.1. The summed E-state index contributed by atoms with van der Waals surface area (Å²) in [6.07, 6.45) is 5.88. The van der Waals surface area contributed by atoms with Crippen LogP contribution in [0.25, 0.3) is 0 Å². The Bertz CT molecular complexity index is 390. The molecule has 0 heterocycles. The second kappa shape index (κ2) is 6.86. The van der Waals surface area contributed by atoms with Crippen molar-refractivity contribution in [2.75, 3.05) is 6.54 Å². The molecule has 0 saturated heterocycles. The molecular weight excluding hydrogens is 230 g/mol. The van der Waals surface area contributed by atoms with Crippen LogP contribution in [0.4, 0.5) is 0 Å². The summed E-state index contributed by atoms with van der Waals surface area (Å²) in [7, 11) is 0. The highest BCUT2D eigenvalue weighted by molar-refractivity contribution is 5.34. The molecule has 0 aliphatic heterocycles. The van der Waals surface area contributed by atoms with Crippen LogP contribution in [0.5, 0.6) is 0 Å². The Morgan fingerprint density at radius 3 is 2.33 bits per heavy atom. The fourth-order valence-corrected chi connectivity index (χ4v) is 3.09. The van der Waals surface area contributed by atoms with Gasteiger partial charge in [0.1, 0.15) is 0 Å². The molecule has 0 aromatic rings. The van der Waals surface area contributed by atoms with E-state index >= 15 is 0 Å². The van der Waals surface area contributed by atoms with Crippen molar-refractivity contribution in [1.82, 2.24) is 0 Å². The van der Waals surface area contributed by atoms with E-state index in [1.807, 2.05) is 0 Å². The van der Waals surface area contributed by atoms with Crippen LogP contribution in [0.15, 0.2) is 9.98 Å². The monoisotopic (exact) mass is 249 g/mol. The Labute approximate surface area is 108 Å². The quantitative estimate of drug-likeness (QED) is 0.568. The van der Waals surface area contributed by atoms with Crippen LogP contribution in [0.2, 0.25) is 0 Å². The normalized spacial score (nSPS) is 28.8. The minimum atomic E-state index is -0.0653. The molecule has 0 N–H and O–H groups in total. The average molecular weight is 249 g/mol. The topological polar surface area (TPSA) is 82.7 Å². The maximum atomic E-state index is 10.3. The smallest absolute Gasteiger partial charge is 0.211 e. The predicted molar refractivity (Wildman–Crippen MR) is 67.3 cm³/mol. The number of rotatable bonds is 3. The van der Waals surface area contributed by atoms with Crippen LogP contribution in [0.3, 0.4) is 0 Å². The Kier molecular flexibility index (Phi) is 6.19. The third-order valence-corrected chi connectivity index (χ3v) is 3.18. The molecule has 0 radical (unpaired) electrons. The van der Waals surface area contributed by atoms with Crippen molar-refractivity contribution in [2.45, 2.75) is 46.1 Å². The van der Waals surface area contributed by atoms with Crippen molar-refractivity contribution >= 4 is 12.2 Å². The summed E-state index contributed by atoms with van der Waals surface area (Å²) in [5.74, 6) is 0. The second-order valence-corrected chi connectivity index (χ2v) is 5.84. The van der Waals surface area contributed by atoms with Crippen molar-refractivity contribution in [1.29, 1.82) is 5.26 Å². The van der Waals surface area contributed by atoms with Crippen molar-refractivity contribution in [3.05, 3.63) is 0 Å². The van der Waals surface area contributed by atoms with E-state index in [1.165, 1.54) is 0 Å². The zero-order valence-corrected chi connectivity index (χ0v) is 11.1. The van der Waals surface area contributed by atoms with Crippen molar-refractivity contribution in [3.63, 3.8) is 0 Å². The van der Waals surface area contributed by atoms with Gasteiger partial charge in [0.2, 0.25) is 12.2 Å². The molecule has 5 nitrogen and oxygen atoms in total. The molecule has 0 spiro atoms. The Hall–Kier alpha value is -1.75. The lowest BCUT2D eigenvalue weighted by Crippen LogP contribution is -2.39. The van der Waals surface area contributed by atoms with Gasteiger partial charge in [0.15, 0.2) is 0 Å². The Morgan fingerprint density at radius 1 is 1.22 bits per heavy atom. The number of carbonyl (C=O) groups excluding carboxylic acids is 2. The molecule has 0 amide bonds. The summed E-state index contributed by atoms with van der Waals surface area (Å²) in [4.78, 5) is 28.0. The van der Waals surface area contributed by atoms with Crippen molar-refractivity contribution in [3.8, 4) is 6.57 Å². The number of hydrogen-bond acceptors (Lipinski definition) is 5. The third kappa shape index (κ3) is 5.05. The second-order valence-electron chi connectivity index (χ2n) is 5.84. The number of isocyanates is 2. The highest BCUT2D eigenvalue weighted by Crippen LogP contribution is 2.47. The van der Waals surface area contributed by atoms with Crippen molar-refractivity contribution < 1.29 is 9.59 Å². The maximum Gasteiger partial charge on any atom is 0.235 e. The van der Waals surface area contributed by atoms with E-state index in [1.54, 1.807) is 12.2 Å². The lowest BCUT2D eigenvalue weighted by atomic mass is 9.63. The molecule has 0 bridgehead atoms. The number of hydrogen-bond donors (Lipinski definition) is 0. The van der Waals surface area contributed by atoms with Gasteiger partial charge in [-0.3, -0.25) is 0 Å². The molecule has 2 unspecified atom stereocenters. The minimum absolute atomic E-state index is 0.00750. The highest BCUT2D eigenvalue weighted by Gasteiger charge is 2.41. The molecule has 1 fully saturated rings. The van der Waals surface area contributed by atoms with Crippen LogP contribution in [-0.2, 0) is 9.59 Å². The molecule has 18 heavy (non-hydrogen) atoms. The van der Waals surface area contributed by atoms with E-state index < -0.39 is 0 Å². The van der Waals surface area contributed by atoms with E-state index in [2.05, 4.69) is 37.3 Å². The van der Waals surface area contributed by atoms with Crippen LogP contribution >= 0.6 is 0 Å². The minimum Gasteiger partial charge on any atom is -0.211 e. The summed E-state index contributed by atoms with van der Waals surface area (Å²) in [5.41, 5.74) is 0.0561. The number of nitrogens with zero attached hydrogens (tertiary/aromatic N) is 3. The zero-order chi connectivity index (χ0) is 14.2. The van der Waals surface area contributed by atoms with E-state index in [0.717, 1.165) is 19.3 Å². The van der Waals surface area contributed by atoms with Gasteiger partial charge in [-0.15, -0.1) is 0 Å². The number of nitriles is 1. The molecule has 0 aromatic carbocycles. The SMILES string of the molecule is C#N.CC1(C)CC(N=C=O)CC(C)(CN=C=O)C1. The summed E-state index contributed by atoms with van der Waals surface area (Å²) < 4.78 is 0. The standard InChI is InChI=1S/C12H18N2O2.CHN/c1-11(2)4-10(14-9-16)5-12(3,6-11)7-13-8-15;1-2/h10H,4-7H2,1-3H3;1H. The first-order valence-corrected chi connectivity index (χ1v) is 5.77. The van der Waals surface area contributed by atoms with Gasteiger partial charge in [0, 0.05) is 6.57 Å². The van der Waals surface area contributed by atoms with Crippen molar-refractivity contribution in [2.24, 2.45) is 20.8 Å². The fourth-order valence-electron chi connectivity index (χ4n) is 3.09. The van der Waals surface area contributed by atoms with Gasteiger partial charge < -0.3 is 0 Å². The summed E-state index contributed by atoms with van der Waals surface area (Å²) in [6, 6.07) is 0.00750. The van der Waals surface area contributed by atoms with Gasteiger partial charge in [-0.05, 0) is 30.1 Å². The first kappa shape index (κ1) is 16.2. The van der Waals surface area contributed by atoms with Gasteiger partial charge in [0.25, 0.3) is 0 Å². The Morgan fingerprint density at radius 2 is 1.83 bits per heavy atom. The molecule has 0 aromatic heterocycles. The molecule has 1 rings (SSSR count). The zero-order valence-electron chi connectivity index (χ0n) is 11.1. The summed E-state index contributed by atoms with van der Waals surface area (Å²) >= 11 is 0.